The van der Waals surface area contributed by atoms with Gasteiger partial charge in [0, 0.05) is 19.5 Å². The molecule has 0 saturated carbocycles. The number of aliphatic hydroxyl groups excluding tert-OH is 1. The summed E-state index contributed by atoms with van der Waals surface area (Å²) < 4.78 is 0. The lowest BCUT2D eigenvalue weighted by Gasteiger charge is -2.27. The third-order valence-electron chi connectivity index (χ3n) is 5.94. The van der Waals surface area contributed by atoms with Crippen LogP contribution in [0.15, 0.2) is 35.3 Å². The normalized spacial score (nSPS) is 13.9. The standard InChI is InChI=1S/C26H44N8O5/c1-5-30-22(36)19(14-17-10-7-6-8-11-17)32-24(38)20(15-35)33-25(39)21(16(2)3)34-23(37)18(29-4)12-9-13-31-26(27)28/h6-8,10-11,16,18-21,29,35H,5,9,12-15H2,1-4H3,(H,30,36)(H,32,38)(H,33,39)(H,34,37)(H4,27,28,31)/t18-,19-,20-,21?/m0/s1. The minimum Gasteiger partial charge on any atom is -0.394 e. The van der Waals surface area contributed by atoms with Crippen LogP contribution >= 0.6 is 0 Å². The van der Waals surface area contributed by atoms with Gasteiger partial charge in [0.2, 0.25) is 23.6 Å². The van der Waals surface area contributed by atoms with E-state index >= 15 is 0 Å². The van der Waals surface area contributed by atoms with Gasteiger partial charge in [-0.25, -0.2) is 0 Å². The van der Waals surface area contributed by atoms with Gasteiger partial charge in [0.25, 0.3) is 0 Å². The first-order valence-corrected chi connectivity index (χ1v) is 13.1. The lowest BCUT2D eigenvalue weighted by molar-refractivity contribution is -0.135. The van der Waals surface area contributed by atoms with Gasteiger partial charge in [-0.05, 0) is 38.3 Å². The molecule has 0 heterocycles. The molecule has 1 unspecified atom stereocenters. The third kappa shape index (κ3) is 12.1. The van der Waals surface area contributed by atoms with Crippen LogP contribution in [0.2, 0.25) is 0 Å². The number of aliphatic hydroxyl groups is 1. The number of likely N-dealkylation sites (N-methyl/N-ethyl adjacent to an activating group) is 2. The second kappa shape index (κ2) is 17.7. The van der Waals surface area contributed by atoms with E-state index in [1.807, 2.05) is 30.3 Å². The van der Waals surface area contributed by atoms with Crippen LogP contribution in [0.1, 0.15) is 39.2 Å². The topological polar surface area (TPSA) is 213 Å². The van der Waals surface area contributed by atoms with Crippen LogP contribution in [0.4, 0.5) is 0 Å². The Labute approximate surface area is 229 Å². The van der Waals surface area contributed by atoms with Crippen molar-refractivity contribution < 1.29 is 24.3 Å². The van der Waals surface area contributed by atoms with E-state index in [1.165, 1.54) is 0 Å². The first-order chi connectivity index (χ1) is 18.5. The van der Waals surface area contributed by atoms with Gasteiger partial charge in [0.1, 0.15) is 18.1 Å². The van der Waals surface area contributed by atoms with E-state index in [0.717, 1.165) is 5.56 Å². The molecule has 0 spiro atoms. The SMILES string of the molecule is CCNC(=O)[C@H](Cc1ccccc1)NC(=O)[C@H](CO)NC(=O)C(NC(=O)[C@H](CCCN=C(N)N)NC)C(C)C. The molecular weight excluding hydrogens is 504 g/mol. The van der Waals surface area contributed by atoms with E-state index in [4.69, 9.17) is 11.5 Å². The largest absolute Gasteiger partial charge is 0.394 e. The van der Waals surface area contributed by atoms with Crippen molar-refractivity contribution in [2.45, 2.75) is 64.2 Å². The van der Waals surface area contributed by atoms with Gasteiger partial charge in [-0.15, -0.1) is 0 Å². The van der Waals surface area contributed by atoms with Crippen molar-refractivity contribution in [3.05, 3.63) is 35.9 Å². The molecule has 13 heteroatoms. The van der Waals surface area contributed by atoms with E-state index < -0.39 is 48.5 Å². The summed E-state index contributed by atoms with van der Waals surface area (Å²) in [6.45, 7) is 5.29. The van der Waals surface area contributed by atoms with Crippen molar-refractivity contribution in [1.29, 1.82) is 0 Å². The summed E-state index contributed by atoms with van der Waals surface area (Å²) in [6, 6.07) is 5.34. The summed E-state index contributed by atoms with van der Waals surface area (Å²) >= 11 is 0. The second-order valence-corrected chi connectivity index (χ2v) is 9.41. The Hall–Kier alpha value is -3.71. The Bertz CT molecular complexity index is 953. The average molecular weight is 549 g/mol. The number of nitrogens with one attached hydrogen (secondary N) is 5. The molecule has 39 heavy (non-hydrogen) atoms. The predicted octanol–water partition coefficient (Wildman–Crippen LogP) is -1.89. The summed E-state index contributed by atoms with van der Waals surface area (Å²) in [7, 11) is 1.63. The molecule has 13 nitrogen and oxygen atoms in total. The number of rotatable bonds is 17. The van der Waals surface area contributed by atoms with Crippen molar-refractivity contribution >= 4 is 29.6 Å². The zero-order valence-corrected chi connectivity index (χ0v) is 23.2. The van der Waals surface area contributed by atoms with Crippen LogP contribution < -0.4 is 38.1 Å². The Morgan fingerprint density at radius 2 is 1.51 bits per heavy atom. The van der Waals surface area contributed by atoms with Crippen molar-refractivity contribution in [1.82, 2.24) is 26.6 Å². The fourth-order valence-corrected chi connectivity index (χ4v) is 3.78. The number of nitrogens with two attached hydrogens (primary N) is 2. The van der Waals surface area contributed by atoms with Crippen molar-refractivity contribution in [3.63, 3.8) is 0 Å². The monoisotopic (exact) mass is 548 g/mol. The fraction of sp³-hybridized carbons (Fsp3) is 0.577. The lowest BCUT2D eigenvalue weighted by atomic mass is 10.0. The first kappa shape index (κ1) is 33.3. The molecule has 4 atom stereocenters. The maximum absolute atomic E-state index is 13.1. The average Bonchev–Trinajstić information content (AvgIpc) is 2.90. The highest BCUT2D eigenvalue weighted by molar-refractivity contribution is 5.95. The quantitative estimate of drug-likeness (QED) is 0.0624. The van der Waals surface area contributed by atoms with Gasteiger partial charge < -0.3 is 43.2 Å². The Morgan fingerprint density at radius 3 is 2.05 bits per heavy atom. The Balaban J connectivity index is 2.88. The summed E-state index contributed by atoms with van der Waals surface area (Å²) in [6.07, 6.45) is 1.19. The molecule has 0 aliphatic heterocycles. The van der Waals surface area contributed by atoms with Crippen LogP contribution in [0.25, 0.3) is 0 Å². The molecule has 1 rings (SSSR count). The summed E-state index contributed by atoms with van der Waals surface area (Å²) in [4.78, 5) is 55.4. The Kier molecular flexibility index (Phi) is 15.2. The molecule has 0 aromatic heterocycles. The van der Waals surface area contributed by atoms with Gasteiger partial charge in [-0.2, -0.15) is 0 Å². The highest BCUT2D eigenvalue weighted by atomic mass is 16.3. The number of carbonyl (C=O) groups excluding carboxylic acids is 4. The molecular formula is C26H44N8O5. The number of aliphatic imine (C=N–C) groups is 1. The molecule has 0 radical (unpaired) electrons. The van der Waals surface area contributed by atoms with Crippen LogP contribution in [0.5, 0.6) is 0 Å². The number of guanidine groups is 1. The minimum atomic E-state index is -1.33. The molecule has 10 N–H and O–H groups in total. The number of benzene rings is 1. The van der Waals surface area contributed by atoms with Crippen LogP contribution in [-0.2, 0) is 25.6 Å². The maximum atomic E-state index is 13.1. The van der Waals surface area contributed by atoms with Gasteiger partial charge in [-0.3, -0.25) is 24.2 Å². The lowest BCUT2D eigenvalue weighted by Crippen LogP contribution is -2.60. The van der Waals surface area contributed by atoms with E-state index in [1.54, 1.807) is 27.8 Å². The molecule has 0 fully saturated rings. The van der Waals surface area contributed by atoms with E-state index in [2.05, 4.69) is 31.6 Å². The predicted molar refractivity (Wildman–Crippen MR) is 149 cm³/mol. The number of amides is 4. The number of hydrogen-bond acceptors (Lipinski definition) is 7. The molecule has 4 amide bonds. The van der Waals surface area contributed by atoms with Crippen LogP contribution in [0.3, 0.4) is 0 Å². The van der Waals surface area contributed by atoms with Crippen LogP contribution in [-0.4, -0.2) is 85.6 Å². The molecule has 0 aliphatic rings. The minimum absolute atomic E-state index is 0.0307. The molecule has 0 aliphatic carbocycles. The molecule has 1 aromatic carbocycles. The van der Waals surface area contributed by atoms with Crippen molar-refractivity contribution in [2.24, 2.45) is 22.4 Å². The zero-order chi connectivity index (χ0) is 29.4. The smallest absolute Gasteiger partial charge is 0.245 e. The Morgan fingerprint density at radius 1 is 0.897 bits per heavy atom. The fourth-order valence-electron chi connectivity index (χ4n) is 3.78. The van der Waals surface area contributed by atoms with Gasteiger partial charge in [0.05, 0.1) is 12.6 Å². The van der Waals surface area contributed by atoms with Crippen molar-refractivity contribution in [3.8, 4) is 0 Å². The maximum Gasteiger partial charge on any atom is 0.245 e. The zero-order valence-electron chi connectivity index (χ0n) is 23.2. The van der Waals surface area contributed by atoms with Gasteiger partial charge >= 0.3 is 0 Å². The summed E-state index contributed by atoms with van der Waals surface area (Å²) in [5.41, 5.74) is 11.5. The number of hydrogen-bond donors (Lipinski definition) is 8. The van der Waals surface area contributed by atoms with Crippen LogP contribution in [0, 0.1) is 5.92 Å². The number of nitrogens with zero attached hydrogens (tertiary/aromatic N) is 1. The summed E-state index contributed by atoms with van der Waals surface area (Å²) in [5.74, 6) is -2.50. The first-order valence-electron chi connectivity index (χ1n) is 13.1. The van der Waals surface area contributed by atoms with E-state index in [-0.39, 0.29) is 24.2 Å². The highest BCUT2D eigenvalue weighted by Crippen LogP contribution is 2.07. The summed E-state index contributed by atoms with van der Waals surface area (Å²) in [5, 5.41) is 23.3. The number of carbonyl (C=O) groups is 4. The highest BCUT2D eigenvalue weighted by Gasteiger charge is 2.31. The molecule has 0 saturated heterocycles. The molecule has 1 aromatic rings. The second-order valence-electron chi connectivity index (χ2n) is 9.41. The van der Waals surface area contributed by atoms with E-state index in [0.29, 0.717) is 25.9 Å². The van der Waals surface area contributed by atoms with Crippen molar-refractivity contribution in [2.75, 3.05) is 26.7 Å². The third-order valence-corrected chi connectivity index (χ3v) is 5.94. The van der Waals surface area contributed by atoms with Gasteiger partial charge in [0.15, 0.2) is 5.96 Å². The molecule has 218 valence electrons. The van der Waals surface area contributed by atoms with E-state index in [9.17, 15) is 24.3 Å². The molecule has 0 bridgehead atoms. The van der Waals surface area contributed by atoms with Gasteiger partial charge in [-0.1, -0.05) is 44.2 Å².